The van der Waals surface area contributed by atoms with Gasteiger partial charge in [-0.25, -0.2) is 0 Å². The van der Waals surface area contributed by atoms with E-state index in [4.69, 9.17) is 11.6 Å². The van der Waals surface area contributed by atoms with Crippen LogP contribution in [-0.4, -0.2) is 22.6 Å². The Hall–Kier alpha value is -2.14. The molecule has 0 aliphatic heterocycles. The van der Waals surface area contributed by atoms with Gasteiger partial charge in [-0.2, -0.15) is 0 Å². The molecule has 0 fully saturated rings. The molecule has 2 rings (SSSR count). The number of amides is 1. The van der Waals surface area contributed by atoms with Crippen molar-refractivity contribution in [3.8, 4) is 0 Å². The summed E-state index contributed by atoms with van der Waals surface area (Å²) in [6.07, 6.45) is 0.843. The van der Waals surface area contributed by atoms with Gasteiger partial charge in [0.2, 0.25) is 5.91 Å². The van der Waals surface area contributed by atoms with Crippen LogP contribution in [-0.2, 0) is 11.2 Å². The number of carbonyl (C=O) groups excluding carboxylic acids is 1. The molecule has 6 heteroatoms. The SMILES string of the molecule is CC(=O)Nc1ccc(NCCc2cccc(Cl)c2)nn1. The molecule has 0 atom stereocenters. The highest BCUT2D eigenvalue weighted by Gasteiger charge is 1.99. The minimum absolute atomic E-state index is 0.166. The van der Waals surface area contributed by atoms with Crippen molar-refractivity contribution in [2.75, 3.05) is 17.2 Å². The van der Waals surface area contributed by atoms with Gasteiger partial charge in [-0.3, -0.25) is 4.79 Å². The molecule has 2 aromatic rings. The molecule has 0 bridgehead atoms. The van der Waals surface area contributed by atoms with Crippen molar-refractivity contribution in [1.82, 2.24) is 10.2 Å². The first-order valence-corrected chi connectivity index (χ1v) is 6.61. The maximum atomic E-state index is 10.8. The molecule has 0 aliphatic rings. The molecule has 1 aromatic heterocycles. The van der Waals surface area contributed by atoms with E-state index in [0.29, 0.717) is 11.6 Å². The summed E-state index contributed by atoms with van der Waals surface area (Å²) in [6.45, 7) is 2.16. The first kappa shape index (κ1) is 14.3. The number of benzene rings is 1. The highest BCUT2D eigenvalue weighted by Crippen LogP contribution is 2.11. The number of nitrogens with one attached hydrogen (secondary N) is 2. The predicted octanol–water partition coefficient (Wildman–Crippen LogP) is 2.74. The molecule has 0 saturated heterocycles. The van der Waals surface area contributed by atoms with Crippen LogP contribution in [0, 0.1) is 0 Å². The van der Waals surface area contributed by atoms with Gasteiger partial charge in [0.25, 0.3) is 0 Å². The highest BCUT2D eigenvalue weighted by atomic mass is 35.5. The van der Waals surface area contributed by atoms with Gasteiger partial charge in [0, 0.05) is 18.5 Å². The normalized spacial score (nSPS) is 10.1. The van der Waals surface area contributed by atoms with Gasteiger partial charge in [-0.1, -0.05) is 23.7 Å². The Morgan fingerprint density at radius 3 is 2.60 bits per heavy atom. The second-order valence-electron chi connectivity index (χ2n) is 4.29. The van der Waals surface area contributed by atoms with Crippen molar-refractivity contribution in [2.24, 2.45) is 0 Å². The molecular weight excluding hydrogens is 276 g/mol. The molecule has 1 heterocycles. The number of halogens is 1. The molecule has 1 amide bonds. The van der Waals surface area contributed by atoms with E-state index in [1.165, 1.54) is 6.92 Å². The van der Waals surface area contributed by atoms with Gasteiger partial charge in [-0.05, 0) is 36.2 Å². The van der Waals surface area contributed by atoms with Crippen molar-refractivity contribution in [3.05, 3.63) is 47.0 Å². The van der Waals surface area contributed by atoms with Crippen molar-refractivity contribution in [3.63, 3.8) is 0 Å². The van der Waals surface area contributed by atoms with E-state index in [1.54, 1.807) is 12.1 Å². The number of carbonyl (C=O) groups is 1. The zero-order valence-electron chi connectivity index (χ0n) is 11.1. The van der Waals surface area contributed by atoms with Crippen molar-refractivity contribution in [2.45, 2.75) is 13.3 Å². The number of rotatable bonds is 5. The summed E-state index contributed by atoms with van der Waals surface area (Å²) in [7, 11) is 0. The van der Waals surface area contributed by atoms with Gasteiger partial charge in [0.1, 0.15) is 5.82 Å². The second kappa shape index (κ2) is 6.86. The summed E-state index contributed by atoms with van der Waals surface area (Å²) in [5.74, 6) is 0.944. The van der Waals surface area contributed by atoms with Crippen LogP contribution in [0.2, 0.25) is 5.02 Å². The Kier molecular flexibility index (Phi) is 4.90. The molecule has 0 aliphatic carbocycles. The zero-order chi connectivity index (χ0) is 14.4. The third kappa shape index (κ3) is 4.51. The minimum atomic E-state index is -0.166. The lowest BCUT2D eigenvalue weighted by atomic mass is 10.1. The van der Waals surface area contributed by atoms with Crippen LogP contribution < -0.4 is 10.6 Å². The average Bonchev–Trinajstić information content (AvgIpc) is 2.40. The number of aromatic nitrogens is 2. The Bertz CT molecular complexity index is 586. The van der Waals surface area contributed by atoms with E-state index in [2.05, 4.69) is 20.8 Å². The number of anilines is 2. The lowest BCUT2D eigenvalue weighted by Gasteiger charge is -2.06. The number of nitrogens with zero attached hydrogens (tertiary/aromatic N) is 2. The molecule has 5 nitrogen and oxygen atoms in total. The van der Waals surface area contributed by atoms with Gasteiger partial charge in [-0.15, -0.1) is 10.2 Å². The maximum absolute atomic E-state index is 10.8. The largest absolute Gasteiger partial charge is 0.368 e. The zero-order valence-corrected chi connectivity index (χ0v) is 11.8. The summed E-state index contributed by atoms with van der Waals surface area (Å²) >= 11 is 5.92. The molecule has 0 unspecified atom stereocenters. The quantitative estimate of drug-likeness (QED) is 0.888. The van der Waals surface area contributed by atoms with Crippen LogP contribution in [0.3, 0.4) is 0 Å². The summed E-state index contributed by atoms with van der Waals surface area (Å²) in [5.41, 5.74) is 1.16. The molecular formula is C14H15ClN4O. The first-order chi connectivity index (χ1) is 9.63. The topological polar surface area (TPSA) is 66.9 Å². The van der Waals surface area contributed by atoms with Crippen LogP contribution >= 0.6 is 11.6 Å². The first-order valence-electron chi connectivity index (χ1n) is 6.23. The lowest BCUT2D eigenvalue weighted by molar-refractivity contribution is -0.114. The van der Waals surface area contributed by atoms with E-state index in [9.17, 15) is 4.79 Å². The van der Waals surface area contributed by atoms with E-state index < -0.39 is 0 Å². The highest BCUT2D eigenvalue weighted by molar-refractivity contribution is 6.30. The third-order valence-electron chi connectivity index (χ3n) is 2.58. The van der Waals surface area contributed by atoms with Gasteiger partial charge >= 0.3 is 0 Å². The molecule has 0 spiro atoms. The third-order valence-corrected chi connectivity index (χ3v) is 2.81. The van der Waals surface area contributed by atoms with Gasteiger partial charge in [0.05, 0.1) is 0 Å². The lowest BCUT2D eigenvalue weighted by Crippen LogP contribution is -2.10. The Morgan fingerprint density at radius 1 is 1.20 bits per heavy atom. The van der Waals surface area contributed by atoms with Crippen LogP contribution in [0.1, 0.15) is 12.5 Å². The fourth-order valence-corrected chi connectivity index (χ4v) is 1.91. The molecule has 0 radical (unpaired) electrons. The summed E-state index contributed by atoms with van der Waals surface area (Å²) in [4.78, 5) is 10.8. The van der Waals surface area contributed by atoms with Gasteiger partial charge in [0.15, 0.2) is 5.82 Å². The standard InChI is InChI=1S/C14H15ClN4O/c1-10(20)17-14-6-5-13(18-19-14)16-8-7-11-3-2-4-12(15)9-11/h2-6,9H,7-8H2,1H3,(H,16,18)(H,17,19,20). The predicted molar refractivity (Wildman–Crippen MR) is 80.0 cm³/mol. The Balaban J connectivity index is 1.83. The number of hydrogen-bond acceptors (Lipinski definition) is 4. The smallest absolute Gasteiger partial charge is 0.222 e. The van der Waals surface area contributed by atoms with Gasteiger partial charge < -0.3 is 10.6 Å². The maximum Gasteiger partial charge on any atom is 0.222 e. The molecule has 0 saturated carbocycles. The van der Waals surface area contributed by atoms with E-state index >= 15 is 0 Å². The van der Waals surface area contributed by atoms with Crippen LogP contribution in [0.5, 0.6) is 0 Å². The van der Waals surface area contributed by atoms with Crippen molar-refractivity contribution >= 4 is 29.1 Å². The van der Waals surface area contributed by atoms with E-state index in [0.717, 1.165) is 23.6 Å². The Labute approximate surface area is 122 Å². The second-order valence-corrected chi connectivity index (χ2v) is 4.73. The average molecular weight is 291 g/mol. The summed E-state index contributed by atoms with van der Waals surface area (Å²) in [5, 5.41) is 14.3. The summed E-state index contributed by atoms with van der Waals surface area (Å²) in [6, 6.07) is 11.2. The van der Waals surface area contributed by atoms with E-state index in [1.807, 2.05) is 24.3 Å². The fraction of sp³-hybridized carbons (Fsp3) is 0.214. The van der Waals surface area contributed by atoms with Crippen LogP contribution in [0.4, 0.5) is 11.6 Å². The van der Waals surface area contributed by atoms with Crippen LogP contribution in [0.25, 0.3) is 0 Å². The Morgan fingerprint density at radius 2 is 1.95 bits per heavy atom. The van der Waals surface area contributed by atoms with Crippen molar-refractivity contribution < 1.29 is 4.79 Å². The molecule has 20 heavy (non-hydrogen) atoms. The number of hydrogen-bond donors (Lipinski definition) is 2. The molecule has 104 valence electrons. The summed E-state index contributed by atoms with van der Waals surface area (Å²) < 4.78 is 0. The minimum Gasteiger partial charge on any atom is -0.368 e. The van der Waals surface area contributed by atoms with Crippen LogP contribution in [0.15, 0.2) is 36.4 Å². The molecule has 2 N–H and O–H groups in total. The molecule has 1 aromatic carbocycles. The fourth-order valence-electron chi connectivity index (χ4n) is 1.70. The van der Waals surface area contributed by atoms with E-state index in [-0.39, 0.29) is 5.91 Å². The monoisotopic (exact) mass is 290 g/mol. The van der Waals surface area contributed by atoms with Crippen molar-refractivity contribution in [1.29, 1.82) is 0 Å².